The summed E-state index contributed by atoms with van der Waals surface area (Å²) in [4.78, 5) is 49.9. The third-order valence-electron chi connectivity index (χ3n) is 4.69. The SMILES string of the molecule is CC(=O)CC(=O)OC(=O)/C(C(=O)c1ccccc1)=C(/NCc1ccccc1)c1ccccc1. The highest BCUT2D eigenvalue weighted by molar-refractivity contribution is 6.29. The van der Waals surface area contributed by atoms with E-state index in [1.54, 1.807) is 54.6 Å². The van der Waals surface area contributed by atoms with E-state index in [2.05, 4.69) is 5.32 Å². The van der Waals surface area contributed by atoms with Crippen molar-refractivity contribution in [3.63, 3.8) is 0 Å². The van der Waals surface area contributed by atoms with Crippen LogP contribution in [0, 0.1) is 0 Å². The van der Waals surface area contributed by atoms with Gasteiger partial charge in [0.25, 0.3) is 0 Å². The molecule has 0 aliphatic rings. The van der Waals surface area contributed by atoms with E-state index < -0.39 is 29.9 Å². The lowest BCUT2D eigenvalue weighted by molar-refractivity contribution is -0.157. The minimum atomic E-state index is -1.12. The Bertz CT molecular complexity index is 1170. The molecule has 0 aliphatic carbocycles. The number of nitrogens with one attached hydrogen (secondary N) is 1. The molecular weight excluding hydrogens is 418 g/mol. The molecular formula is C27H23NO5. The van der Waals surface area contributed by atoms with E-state index in [1.807, 2.05) is 36.4 Å². The number of carbonyl (C=O) groups is 4. The molecule has 0 atom stereocenters. The fourth-order valence-corrected chi connectivity index (χ4v) is 3.16. The van der Waals surface area contributed by atoms with Crippen molar-refractivity contribution >= 4 is 29.2 Å². The van der Waals surface area contributed by atoms with Crippen LogP contribution < -0.4 is 5.32 Å². The molecule has 6 nitrogen and oxygen atoms in total. The van der Waals surface area contributed by atoms with Gasteiger partial charge in [-0.05, 0) is 18.1 Å². The summed E-state index contributed by atoms with van der Waals surface area (Å²) in [6, 6.07) is 26.6. The van der Waals surface area contributed by atoms with Crippen LogP contribution in [0.4, 0.5) is 0 Å². The molecule has 3 aromatic rings. The summed E-state index contributed by atoms with van der Waals surface area (Å²) in [6.45, 7) is 1.54. The molecule has 0 fully saturated rings. The second-order valence-corrected chi connectivity index (χ2v) is 7.29. The van der Waals surface area contributed by atoms with Gasteiger partial charge >= 0.3 is 11.9 Å². The number of ether oxygens (including phenoxy) is 1. The van der Waals surface area contributed by atoms with Crippen LogP contribution in [0.15, 0.2) is 96.6 Å². The third kappa shape index (κ3) is 6.58. The van der Waals surface area contributed by atoms with Crippen LogP contribution in [-0.2, 0) is 25.7 Å². The first-order valence-corrected chi connectivity index (χ1v) is 10.4. The van der Waals surface area contributed by atoms with Crippen molar-refractivity contribution in [1.29, 1.82) is 0 Å². The van der Waals surface area contributed by atoms with Gasteiger partial charge in [-0.3, -0.25) is 14.4 Å². The standard InChI is InChI=1S/C27H23NO5/c1-19(29)17-23(30)33-27(32)24(26(31)22-15-9-4-10-16-22)25(21-13-7-3-8-14-21)28-18-20-11-5-2-6-12-20/h2-16,28H,17-18H2,1H3/b25-24+. The van der Waals surface area contributed by atoms with Crippen LogP contribution >= 0.6 is 0 Å². The Balaban J connectivity index is 2.09. The number of rotatable bonds is 9. The minimum Gasteiger partial charge on any atom is -0.389 e. The average molecular weight is 441 g/mol. The number of esters is 2. The normalized spacial score (nSPS) is 11.2. The molecule has 0 unspecified atom stereocenters. The van der Waals surface area contributed by atoms with Crippen LogP contribution in [0.25, 0.3) is 5.70 Å². The third-order valence-corrected chi connectivity index (χ3v) is 4.69. The van der Waals surface area contributed by atoms with Gasteiger partial charge in [-0.1, -0.05) is 91.0 Å². The highest BCUT2D eigenvalue weighted by Crippen LogP contribution is 2.22. The molecule has 0 spiro atoms. The monoisotopic (exact) mass is 441 g/mol. The van der Waals surface area contributed by atoms with E-state index in [-0.39, 0.29) is 16.8 Å². The van der Waals surface area contributed by atoms with Crippen LogP contribution in [0.3, 0.4) is 0 Å². The maximum atomic E-state index is 13.4. The van der Waals surface area contributed by atoms with Gasteiger partial charge in [0.1, 0.15) is 17.8 Å². The van der Waals surface area contributed by atoms with Crippen molar-refractivity contribution in [2.75, 3.05) is 0 Å². The molecule has 3 aromatic carbocycles. The van der Waals surface area contributed by atoms with E-state index in [0.717, 1.165) is 5.56 Å². The first-order valence-electron chi connectivity index (χ1n) is 10.4. The Morgan fingerprint density at radius 2 is 1.24 bits per heavy atom. The lowest BCUT2D eigenvalue weighted by Crippen LogP contribution is -2.26. The van der Waals surface area contributed by atoms with Gasteiger partial charge in [-0.15, -0.1) is 0 Å². The molecule has 0 bridgehead atoms. The quantitative estimate of drug-likeness (QED) is 0.177. The maximum absolute atomic E-state index is 13.4. The van der Waals surface area contributed by atoms with Crippen LogP contribution in [0.2, 0.25) is 0 Å². The van der Waals surface area contributed by atoms with Gasteiger partial charge < -0.3 is 10.1 Å². The van der Waals surface area contributed by atoms with Crippen molar-refractivity contribution in [3.05, 3.63) is 113 Å². The van der Waals surface area contributed by atoms with Gasteiger partial charge in [0.05, 0.1) is 5.70 Å². The molecule has 0 saturated carbocycles. The molecule has 0 amide bonds. The maximum Gasteiger partial charge on any atom is 0.351 e. The largest absolute Gasteiger partial charge is 0.389 e. The molecule has 33 heavy (non-hydrogen) atoms. The Labute approximate surface area is 191 Å². The van der Waals surface area contributed by atoms with Gasteiger partial charge in [0.2, 0.25) is 5.78 Å². The molecule has 1 N–H and O–H groups in total. The van der Waals surface area contributed by atoms with E-state index in [9.17, 15) is 19.2 Å². The first-order chi connectivity index (χ1) is 16.0. The minimum absolute atomic E-state index is 0.230. The van der Waals surface area contributed by atoms with Crippen molar-refractivity contribution in [1.82, 2.24) is 5.32 Å². The van der Waals surface area contributed by atoms with Crippen LogP contribution in [0.5, 0.6) is 0 Å². The predicted octanol–water partition coefficient (Wildman–Crippen LogP) is 4.12. The number of carbonyl (C=O) groups excluding carboxylic acids is 4. The average Bonchev–Trinajstić information content (AvgIpc) is 2.82. The number of hydrogen-bond donors (Lipinski definition) is 1. The smallest absolute Gasteiger partial charge is 0.351 e. The molecule has 3 rings (SSSR count). The molecule has 6 heteroatoms. The molecule has 0 aromatic heterocycles. The van der Waals surface area contributed by atoms with Gasteiger partial charge in [0.15, 0.2) is 0 Å². The van der Waals surface area contributed by atoms with Gasteiger partial charge in [0, 0.05) is 12.1 Å². The zero-order chi connectivity index (χ0) is 23.6. The summed E-state index contributed by atoms with van der Waals surface area (Å²) in [6.07, 6.45) is -0.559. The van der Waals surface area contributed by atoms with E-state index in [1.165, 1.54) is 6.92 Å². The highest BCUT2D eigenvalue weighted by Gasteiger charge is 2.29. The van der Waals surface area contributed by atoms with Crippen LogP contribution in [-0.4, -0.2) is 23.5 Å². The highest BCUT2D eigenvalue weighted by atomic mass is 16.6. The summed E-state index contributed by atoms with van der Waals surface area (Å²) in [7, 11) is 0. The Hall–Kier alpha value is -4.32. The number of hydrogen-bond acceptors (Lipinski definition) is 6. The Morgan fingerprint density at radius 1 is 0.727 bits per heavy atom. The lowest BCUT2D eigenvalue weighted by atomic mass is 9.97. The second-order valence-electron chi connectivity index (χ2n) is 7.29. The summed E-state index contributed by atoms with van der Waals surface area (Å²) < 4.78 is 4.90. The van der Waals surface area contributed by atoms with Gasteiger partial charge in [-0.2, -0.15) is 0 Å². The summed E-state index contributed by atoms with van der Waals surface area (Å²) in [5.41, 5.74) is 1.68. The van der Waals surface area contributed by atoms with Crippen molar-refractivity contribution in [2.24, 2.45) is 0 Å². The fraction of sp³-hybridized carbons (Fsp3) is 0.111. The Morgan fingerprint density at radius 3 is 1.79 bits per heavy atom. The molecule has 0 heterocycles. The molecule has 166 valence electrons. The van der Waals surface area contributed by atoms with Crippen molar-refractivity contribution in [2.45, 2.75) is 19.9 Å². The van der Waals surface area contributed by atoms with E-state index >= 15 is 0 Å². The number of ketones is 2. The van der Waals surface area contributed by atoms with E-state index in [4.69, 9.17) is 4.74 Å². The summed E-state index contributed by atoms with van der Waals surface area (Å²) in [5, 5.41) is 3.18. The zero-order valence-electron chi connectivity index (χ0n) is 18.1. The molecule has 0 aliphatic heterocycles. The second kappa shape index (κ2) is 11.3. The lowest BCUT2D eigenvalue weighted by Gasteiger charge is -2.17. The first kappa shape index (κ1) is 23.3. The number of benzene rings is 3. The van der Waals surface area contributed by atoms with E-state index in [0.29, 0.717) is 12.1 Å². The molecule has 0 radical (unpaired) electrons. The predicted molar refractivity (Wildman–Crippen MR) is 124 cm³/mol. The Kier molecular flexibility index (Phi) is 8.02. The summed E-state index contributed by atoms with van der Waals surface area (Å²) >= 11 is 0. The van der Waals surface area contributed by atoms with Gasteiger partial charge in [-0.25, -0.2) is 4.79 Å². The van der Waals surface area contributed by atoms with Crippen molar-refractivity contribution < 1.29 is 23.9 Å². The zero-order valence-corrected chi connectivity index (χ0v) is 18.1. The summed E-state index contributed by atoms with van der Waals surface area (Å²) in [5.74, 6) is -3.18. The fourth-order valence-electron chi connectivity index (χ4n) is 3.16. The van der Waals surface area contributed by atoms with Crippen molar-refractivity contribution in [3.8, 4) is 0 Å². The van der Waals surface area contributed by atoms with Crippen LogP contribution in [0.1, 0.15) is 34.8 Å². The number of Topliss-reactive ketones (excluding diaryl/α,β-unsaturated/α-hetero) is 2. The molecule has 0 saturated heterocycles. The topological polar surface area (TPSA) is 89.5 Å².